The van der Waals surface area contributed by atoms with Crippen LogP contribution in [-0.4, -0.2) is 25.8 Å². The van der Waals surface area contributed by atoms with Gasteiger partial charge in [-0.05, 0) is 31.2 Å². The van der Waals surface area contributed by atoms with Gasteiger partial charge in [-0.15, -0.1) is 10.2 Å². The van der Waals surface area contributed by atoms with Crippen LogP contribution in [0, 0.1) is 5.82 Å². The standard InChI is InChI=1S/C20H15FN4O3S/c1-2-25-14-9-4-3-8-13(14)16(26)15(19(25)28)17(27)22-20-24-23-18(29-20)11-6-5-7-12(21)10-11/h3-10,26H,2H2,1H3,(H,22,24,27). The Balaban J connectivity index is 1.71. The summed E-state index contributed by atoms with van der Waals surface area (Å²) in [5, 5.41) is 21.8. The summed E-state index contributed by atoms with van der Waals surface area (Å²) in [6, 6.07) is 12.6. The van der Waals surface area contributed by atoms with E-state index in [1.165, 1.54) is 16.7 Å². The van der Waals surface area contributed by atoms with Crippen molar-refractivity contribution in [3.63, 3.8) is 0 Å². The summed E-state index contributed by atoms with van der Waals surface area (Å²) in [5.74, 6) is -1.59. The number of aromatic nitrogens is 3. The number of anilines is 1. The van der Waals surface area contributed by atoms with Gasteiger partial charge < -0.3 is 9.67 Å². The molecule has 0 saturated carbocycles. The molecule has 0 bridgehead atoms. The number of carbonyl (C=O) groups is 1. The largest absolute Gasteiger partial charge is 0.506 e. The van der Waals surface area contributed by atoms with Crippen molar-refractivity contribution in [2.24, 2.45) is 0 Å². The number of pyridine rings is 1. The molecule has 0 spiro atoms. The number of amides is 1. The van der Waals surface area contributed by atoms with E-state index in [0.29, 0.717) is 28.0 Å². The molecule has 2 aromatic carbocycles. The van der Waals surface area contributed by atoms with Gasteiger partial charge in [-0.1, -0.05) is 35.6 Å². The molecule has 0 aliphatic heterocycles. The van der Waals surface area contributed by atoms with Gasteiger partial charge >= 0.3 is 0 Å². The van der Waals surface area contributed by atoms with E-state index >= 15 is 0 Å². The number of halogens is 1. The Hall–Kier alpha value is -3.59. The minimum Gasteiger partial charge on any atom is -0.506 e. The van der Waals surface area contributed by atoms with Gasteiger partial charge in [0.05, 0.1) is 5.52 Å². The highest BCUT2D eigenvalue weighted by molar-refractivity contribution is 7.18. The lowest BCUT2D eigenvalue weighted by molar-refractivity contribution is 0.102. The number of aryl methyl sites for hydroxylation is 1. The Morgan fingerprint density at radius 2 is 2.00 bits per heavy atom. The van der Waals surface area contributed by atoms with Gasteiger partial charge in [-0.3, -0.25) is 14.9 Å². The van der Waals surface area contributed by atoms with Crippen LogP contribution in [0.25, 0.3) is 21.5 Å². The molecule has 0 atom stereocenters. The molecule has 2 N–H and O–H groups in total. The summed E-state index contributed by atoms with van der Waals surface area (Å²) in [5.41, 5.74) is 0.0902. The van der Waals surface area contributed by atoms with Gasteiger partial charge in [0, 0.05) is 17.5 Å². The molecule has 0 aliphatic rings. The number of hydrogen-bond acceptors (Lipinski definition) is 6. The maximum absolute atomic E-state index is 13.4. The summed E-state index contributed by atoms with van der Waals surface area (Å²) in [6.07, 6.45) is 0. The van der Waals surface area contributed by atoms with Crippen LogP contribution in [0.3, 0.4) is 0 Å². The van der Waals surface area contributed by atoms with Crippen molar-refractivity contribution >= 4 is 33.3 Å². The third-order valence-electron chi connectivity index (χ3n) is 4.41. The lowest BCUT2D eigenvalue weighted by Crippen LogP contribution is -2.29. The number of para-hydroxylation sites is 1. The van der Waals surface area contributed by atoms with Crippen molar-refractivity contribution in [2.45, 2.75) is 13.5 Å². The molecule has 2 heterocycles. The van der Waals surface area contributed by atoms with E-state index in [2.05, 4.69) is 15.5 Å². The molecule has 1 amide bonds. The van der Waals surface area contributed by atoms with Crippen molar-refractivity contribution in [1.29, 1.82) is 0 Å². The van der Waals surface area contributed by atoms with E-state index in [1.54, 1.807) is 43.3 Å². The van der Waals surface area contributed by atoms with Crippen LogP contribution in [0.15, 0.2) is 53.3 Å². The van der Waals surface area contributed by atoms with E-state index in [4.69, 9.17) is 0 Å². The minimum absolute atomic E-state index is 0.129. The van der Waals surface area contributed by atoms with Gasteiger partial charge in [-0.25, -0.2) is 4.39 Å². The van der Waals surface area contributed by atoms with E-state index in [1.807, 2.05) is 0 Å². The Morgan fingerprint density at radius 1 is 1.21 bits per heavy atom. The molecule has 0 saturated heterocycles. The summed E-state index contributed by atoms with van der Waals surface area (Å²) in [4.78, 5) is 25.6. The van der Waals surface area contributed by atoms with Crippen LogP contribution < -0.4 is 10.9 Å². The van der Waals surface area contributed by atoms with E-state index in [9.17, 15) is 19.1 Å². The average molecular weight is 410 g/mol. The fraction of sp³-hybridized carbons (Fsp3) is 0.100. The molecular formula is C20H15FN4O3S. The third kappa shape index (κ3) is 3.36. The van der Waals surface area contributed by atoms with Gasteiger partial charge in [-0.2, -0.15) is 0 Å². The number of nitrogens with zero attached hydrogens (tertiary/aromatic N) is 3. The molecular weight excluding hydrogens is 395 g/mol. The molecule has 7 nitrogen and oxygen atoms in total. The first-order valence-corrected chi connectivity index (χ1v) is 9.56. The Morgan fingerprint density at radius 3 is 2.76 bits per heavy atom. The Kier molecular flexibility index (Phi) is 4.81. The van der Waals surface area contributed by atoms with Crippen LogP contribution >= 0.6 is 11.3 Å². The summed E-state index contributed by atoms with van der Waals surface area (Å²) >= 11 is 1.03. The average Bonchev–Trinajstić information content (AvgIpc) is 3.17. The van der Waals surface area contributed by atoms with Crippen LogP contribution in [0.2, 0.25) is 0 Å². The van der Waals surface area contributed by atoms with Gasteiger partial charge in [0.2, 0.25) is 5.13 Å². The zero-order valence-electron chi connectivity index (χ0n) is 15.2. The van der Waals surface area contributed by atoms with Gasteiger partial charge in [0.1, 0.15) is 22.1 Å². The molecule has 9 heteroatoms. The number of benzene rings is 2. The maximum Gasteiger partial charge on any atom is 0.267 e. The molecule has 0 aliphatic carbocycles. The maximum atomic E-state index is 13.4. The first kappa shape index (κ1) is 18.8. The fourth-order valence-corrected chi connectivity index (χ4v) is 3.81. The number of hydrogen-bond donors (Lipinski definition) is 2. The molecule has 0 fully saturated rings. The van der Waals surface area contributed by atoms with E-state index in [-0.39, 0.29) is 16.4 Å². The van der Waals surface area contributed by atoms with E-state index in [0.717, 1.165) is 11.3 Å². The van der Waals surface area contributed by atoms with Crippen molar-refractivity contribution in [1.82, 2.24) is 14.8 Å². The number of carbonyl (C=O) groups excluding carboxylic acids is 1. The van der Waals surface area contributed by atoms with Gasteiger partial charge in [0.15, 0.2) is 0 Å². The Labute approximate surface area is 168 Å². The second-order valence-electron chi connectivity index (χ2n) is 6.17. The highest BCUT2D eigenvalue weighted by atomic mass is 32.1. The zero-order valence-corrected chi connectivity index (χ0v) is 16.0. The second kappa shape index (κ2) is 7.44. The summed E-state index contributed by atoms with van der Waals surface area (Å²) < 4.78 is 14.8. The molecule has 4 rings (SSSR count). The predicted octanol–water partition coefficient (Wildman–Crippen LogP) is 3.64. The van der Waals surface area contributed by atoms with E-state index < -0.39 is 17.3 Å². The van der Waals surface area contributed by atoms with Crippen molar-refractivity contribution in [3.05, 3.63) is 70.3 Å². The number of fused-ring (bicyclic) bond motifs is 1. The van der Waals surface area contributed by atoms with Crippen molar-refractivity contribution in [2.75, 3.05) is 5.32 Å². The first-order valence-electron chi connectivity index (χ1n) is 8.75. The topological polar surface area (TPSA) is 97.1 Å². The molecule has 29 heavy (non-hydrogen) atoms. The van der Waals surface area contributed by atoms with Crippen molar-refractivity contribution in [3.8, 4) is 16.3 Å². The van der Waals surface area contributed by atoms with Crippen LogP contribution in [0.5, 0.6) is 5.75 Å². The molecule has 0 unspecified atom stereocenters. The zero-order chi connectivity index (χ0) is 20.5. The van der Waals surface area contributed by atoms with Crippen molar-refractivity contribution < 1.29 is 14.3 Å². The highest BCUT2D eigenvalue weighted by Crippen LogP contribution is 2.29. The Bertz CT molecular complexity index is 1300. The monoisotopic (exact) mass is 410 g/mol. The summed E-state index contributed by atoms with van der Waals surface area (Å²) in [7, 11) is 0. The third-order valence-corrected chi connectivity index (χ3v) is 5.29. The van der Waals surface area contributed by atoms with Gasteiger partial charge in [0.25, 0.3) is 11.5 Å². The SMILES string of the molecule is CCn1c(=O)c(C(=O)Nc2nnc(-c3cccc(F)c3)s2)c(O)c2ccccc21. The lowest BCUT2D eigenvalue weighted by Gasteiger charge is -2.12. The molecule has 2 aromatic heterocycles. The van der Waals surface area contributed by atoms with Crippen LogP contribution in [-0.2, 0) is 6.54 Å². The number of aromatic hydroxyl groups is 1. The first-order chi connectivity index (χ1) is 14.0. The minimum atomic E-state index is -0.789. The van der Waals surface area contributed by atoms with Crippen LogP contribution in [0.4, 0.5) is 9.52 Å². The fourth-order valence-electron chi connectivity index (χ4n) is 3.08. The van der Waals surface area contributed by atoms with Crippen LogP contribution in [0.1, 0.15) is 17.3 Å². The normalized spacial score (nSPS) is 11.0. The smallest absolute Gasteiger partial charge is 0.267 e. The number of rotatable bonds is 4. The quantitative estimate of drug-likeness (QED) is 0.535. The second-order valence-corrected chi connectivity index (χ2v) is 7.14. The predicted molar refractivity (Wildman–Crippen MR) is 109 cm³/mol. The molecule has 0 radical (unpaired) electrons. The molecule has 4 aromatic rings. The lowest BCUT2D eigenvalue weighted by atomic mass is 10.1. The summed E-state index contributed by atoms with van der Waals surface area (Å²) in [6.45, 7) is 2.12. The molecule has 146 valence electrons. The number of nitrogens with one attached hydrogen (secondary N) is 1. The highest BCUT2D eigenvalue weighted by Gasteiger charge is 2.23.